The summed E-state index contributed by atoms with van der Waals surface area (Å²) in [5, 5.41) is 3.00. The number of nitrogens with zero attached hydrogens (tertiary/aromatic N) is 2. The Bertz CT molecular complexity index is 643. The highest BCUT2D eigenvalue weighted by atomic mass is 19.1. The van der Waals surface area contributed by atoms with Crippen molar-refractivity contribution in [1.29, 1.82) is 0 Å². The van der Waals surface area contributed by atoms with Gasteiger partial charge in [-0.15, -0.1) is 0 Å². The van der Waals surface area contributed by atoms with Crippen LogP contribution in [0.4, 0.5) is 4.39 Å². The van der Waals surface area contributed by atoms with Crippen LogP contribution in [0.5, 0.6) is 0 Å². The topological polar surface area (TPSA) is 52.6 Å². The first-order valence-corrected chi connectivity index (χ1v) is 8.41. The van der Waals surface area contributed by atoms with Gasteiger partial charge in [-0.1, -0.05) is 18.2 Å². The van der Waals surface area contributed by atoms with E-state index < -0.39 is 5.54 Å². The van der Waals surface area contributed by atoms with Crippen LogP contribution in [-0.2, 0) is 15.1 Å². The van der Waals surface area contributed by atoms with Gasteiger partial charge in [0.05, 0.1) is 11.5 Å². The lowest BCUT2D eigenvalue weighted by Crippen LogP contribution is -2.40. The van der Waals surface area contributed by atoms with Crippen LogP contribution in [0.1, 0.15) is 24.8 Å². The van der Waals surface area contributed by atoms with Gasteiger partial charge in [0.1, 0.15) is 5.82 Å². The molecule has 2 aliphatic rings. The maximum Gasteiger partial charge on any atom is 0.226 e. The summed E-state index contributed by atoms with van der Waals surface area (Å²) in [5.74, 6) is -0.751. The minimum absolute atomic E-state index is 0.0211. The number of amides is 2. The second-order valence-electron chi connectivity index (χ2n) is 7.10. The van der Waals surface area contributed by atoms with Crippen LogP contribution in [0.25, 0.3) is 0 Å². The number of carbonyl (C=O) groups is 2. The molecule has 2 amide bonds. The molecule has 24 heavy (non-hydrogen) atoms. The van der Waals surface area contributed by atoms with E-state index in [9.17, 15) is 14.0 Å². The van der Waals surface area contributed by atoms with Crippen molar-refractivity contribution in [2.45, 2.75) is 24.8 Å². The molecule has 0 radical (unpaired) electrons. The molecule has 6 heteroatoms. The van der Waals surface area contributed by atoms with Crippen molar-refractivity contribution in [1.82, 2.24) is 15.1 Å². The molecule has 1 aliphatic carbocycles. The fourth-order valence-corrected chi connectivity index (χ4v) is 3.26. The van der Waals surface area contributed by atoms with Gasteiger partial charge in [0, 0.05) is 31.6 Å². The van der Waals surface area contributed by atoms with E-state index >= 15 is 0 Å². The van der Waals surface area contributed by atoms with Gasteiger partial charge in [-0.2, -0.15) is 0 Å². The van der Waals surface area contributed by atoms with Crippen molar-refractivity contribution in [3.05, 3.63) is 35.6 Å². The summed E-state index contributed by atoms with van der Waals surface area (Å²) in [4.78, 5) is 28.4. The highest BCUT2D eigenvalue weighted by molar-refractivity contribution is 5.89. The van der Waals surface area contributed by atoms with E-state index in [1.165, 1.54) is 6.07 Å². The van der Waals surface area contributed by atoms with Crippen molar-refractivity contribution in [3.8, 4) is 0 Å². The Morgan fingerprint density at radius 1 is 1.38 bits per heavy atom. The molecule has 1 saturated carbocycles. The minimum atomic E-state index is -0.581. The van der Waals surface area contributed by atoms with Crippen LogP contribution in [-0.4, -0.2) is 55.3 Å². The SMILES string of the molecule is CN(C)CCN1CC(C(=O)NC2(c3ccccc3F)CC2)CC1=O. The first-order valence-electron chi connectivity index (χ1n) is 8.41. The predicted octanol–water partition coefficient (Wildman–Crippen LogP) is 1.34. The minimum Gasteiger partial charge on any atom is -0.346 e. The third kappa shape index (κ3) is 3.43. The quantitative estimate of drug-likeness (QED) is 0.855. The molecule has 5 nitrogen and oxygen atoms in total. The Balaban J connectivity index is 1.62. The molecule has 0 spiro atoms. The molecule has 1 aliphatic heterocycles. The molecule has 0 aromatic heterocycles. The monoisotopic (exact) mass is 333 g/mol. The first kappa shape index (κ1) is 16.9. The summed E-state index contributed by atoms with van der Waals surface area (Å²) in [5.41, 5.74) is -0.0325. The molecular formula is C18H24FN3O2. The largest absolute Gasteiger partial charge is 0.346 e. The zero-order valence-electron chi connectivity index (χ0n) is 14.2. The summed E-state index contributed by atoms with van der Waals surface area (Å²) < 4.78 is 14.0. The lowest BCUT2D eigenvalue weighted by molar-refractivity contribution is -0.129. The van der Waals surface area contributed by atoms with Gasteiger partial charge in [-0.05, 0) is 33.0 Å². The van der Waals surface area contributed by atoms with Gasteiger partial charge >= 0.3 is 0 Å². The lowest BCUT2D eigenvalue weighted by Gasteiger charge is -2.22. The van der Waals surface area contributed by atoms with Crippen molar-refractivity contribution < 1.29 is 14.0 Å². The van der Waals surface area contributed by atoms with Crippen molar-refractivity contribution in [2.75, 3.05) is 33.7 Å². The zero-order chi connectivity index (χ0) is 17.3. The van der Waals surface area contributed by atoms with Gasteiger partial charge in [0.2, 0.25) is 11.8 Å². The second-order valence-corrected chi connectivity index (χ2v) is 7.10. The molecule has 3 rings (SSSR count). The maximum atomic E-state index is 14.0. The summed E-state index contributed by atoms with van der Waals surface area (Å²) in [7, 11) is 3.91. The number of hydrogen-bond acceptors (Lipinski definition) is 3. The third-order valence-corrected chi connectivity index (χ3v) is 4.90. The van der Waals surface area contributed by atoms with Crippen LogP contribution >= 0.6 is 0 Å². The molecule has 0 bridgehead atoms. The number of likely N-dealkylation sites (N-methyl/N-ethyl adjacent to an activating group) is 1. The van der Waals surface area contributed by atoms with E-state index in [-0.39, 0.29) is 30.0 Å². The predicted molar refractivity (Wildman–Crippen MR) is 88.7 cm³/mol. The summed E-state index contributed by atoms with van der Waals surface area (Å²) >= 11 is 0. The number of benzene rings is 1. The van der Waals surface area contributed by atoms with Crippen LogP contribution in [0.3, 0.4) is 0 Å². The molecule has 1 aromatic carbocycles. The van der Waals surface area contributed by atoms with Gasteiger partial charge < -0.3 is 15.1 Å². The third-order valence-electron chi connectivity index (χ3n) is 4.90. The second kappa shape index (κ2) is 6.51. The highest BCUT2D eigenvalue weighted by Crippen LogP contribution is 2.46. The number of hydrogen-bond donors (Lipinski definition) is 1. The highest BCUT2D eigenvalue weighted by Gasteiger charge is 2.48. The van der Waals surface area contributed by atoms with E-state index in [1.807, 2.05) is 19.0 Å². The van der Waals surface area contributed by atoms with E-state index in [0.29, 0.717) is 18.7 Å². The standard InChI is InChI=1S/C18H24FN3O2/c1-21(2)9-10-22-12-13(11-16(22)23)17(24)20-18(7-8-18)14-5-3-4-6-15(14)19/h3-6,13H,7-12H2,1-2H3,(H,20,24). The van der Waals surface area contributed by atoms with Gasteiger partial charge in [0.25, 0.3) is 0 Å². The first-order chi connectivity index (χ1) is 11.4. The normalized spacial score (nSPS) is 22.1. The zero-order valence-corrected chi connectivity index (χ0v) is 14.2. The van der Waals surface area contributed by atoms with Gasteiger partial charge in [-0.3, -0.25) is 9.59 Å². The fourth-order valence-electron chi connectivity index (χ4n) is 3.26. The molecule has 2 fully saturated rings. The molecule has 1 aromatic rings. The van der Waals surface area contributed by atoms with Crippen molar-refractivity contribution in [2.24, 2.45) is 5.92 Å². The summed E-state index contributed by atoms with van der Waals surface area (Å²) in [6.45, 7) is 1.86. The summed E-state index contributed by atoms with van der Waals surface area (Å²) in [6, 6.07) is 6.58. The van der Waals surface area contributed by atoms with Gasteiger partial charge in [-0.25, -0.2) is 4.39 Å². The van der Waals surface area contributed by atoms with Crippen LogP contribution < -0.4 is 5.32 Å². The van der Waals surface area contributed by atoms with E-state index in [2.05, 4.69) is 5.32 Å². The number of halogens is 1. The average molecular weight is 333 g/mol. The van der Waals surface area contributed by atoms with Gasteiger partial charge in [0.15, 0.2) is 0 Å². The Kier molecular flexibility index (Phi) is 4.58. The Labute approximate surface area is 141 Å². The van der Waals surface area contributed by atoms with Crippen LogP contribution in [0.15, 0.2) is 24.3 Å². The van der Waals surface area contributed by atoms with E-state index in [4.69, 9.17) is 0 Å². The average Bonchev–Trinajstić information content (AvgIpc) is 3.20. The molecule has 1 heterocycles. The van der Waals surface area contributed by atoms with Crippen LogP contribution in [0.2, 0.25) is 0 Å². The molecule has 1 atom stereocenters. The maximum absolute atomic E-state index is 14.0. The van der Waals surface area contributed by atoms with Crippen molar-refractivity contribution >= 4 is 11.8 Å². The smallest absolute Gasteiger partial charge is 0.226 e. The Morgan fingerprint density at radius 2 is 2.08 bits per heavy atom. The van der Waals surface area contributed by atoms with E-state index in [1.54, 1.807) is 23.1 Å². The van der Waals surface area contributed by atoms with E-state index in [0.717, 1.165) is 19.4 Å². The van der Waals surface area contributed by atoms with Crippen molar-refractivity contribution in [3.63, 3.8) is 0 Å². The molecule has 1 saturated heterocycles. The molecule has 130 valence electrons. The van der Waals surface area contributed by atoms with Crippen LogP contribution in [0, 0.1) is 11.7 Å². The number of nitrogens with one attached hydrogen (secondary N) is 1. The Hall–Kier alpha value is -1.95. The molecule has 1 N–H and O–H groups in total. The lowest BCUT2D eigenvalue weighted by atomic mass is 10.0. The number of likely N-dealkylation sites (tertiary alicyclic amines) is 1. The fraction of sp³-hybridized carbons (Fsp3) is 0.556. The Morgan fingerprint density at radius 3 is 2.71 bits per heavy atom. The molecule has 1 unspecified atom stereocenters. The number of rotatable bonds is 6. The molecular weight excluding hydrogens is 309 g/mol. The number of carbonyl (C=O) groups excluding carboxylic acids is 2. The summed E-state index contributed by atoms with van der Waals surface area (Å²) in [6.07, 6.45) is 1.72.